The van der Waals surface area contributed by atoms with Crippen molar-refractivity contribution in [2.45, 2.75) is 6.18 Å². The summed E-state index contributed by atoms with van der Waals surface area (Å²) in [7, 11) is 0. The van der Waals surface area contributed by atoms with Crippen molar-refractivity contribution in [1.82, 2.24) is 4.90 Å². The van der Waals surface area contributed by atoms with Gasteiger partial charge < -0.3 is 15.0 Å². The molecule has 0 bridgehead atoms. The maximum absolute atomic E-state index is 12.9. The average Bonchev–Trinajstić information content (AvgIpc) is 2.72. The quantitative estimate of drug-likeness (QED) is 0.716. The van der Waals surface area contributed by atoms with Crippen molar-refractivity contribution in [2.24, 2.45) is 0 Å². The minimum absolute atomic E-state index is 0.161. The Morgan fingerprint density at radius 1 is 1.10 bits per heavy atom. The molecule has 30 heavy (non-hydrogen) atoms. The van der Waals surface area contributed by atoms with E-state index in [9.17, 15) is 22.8 Å². The second-order valence-corrected chi connectivity index (χ2v) is 6.95. The van der Waals surface area contributed by atoms with Gasteiger partial charge in [0.05, 0.1) is 23.8 Å². The average molecular weight is 439 g/mol. The Hall–Kier alpha value is -2.84. The molecule has 0 saturated carbocycles. The van der Waals surface area contributed by atoms with Gasteiger partial charge in [0, 0.05) is 30.4 Å². The Morgan fingerprint density at radius 3 is 2.53 bits per heavy atom. The molecule has 0 aromatic heterocycles. The van der Waals surface area contributed by atoms with Crippen molar-refractivity contribution < 1.29 is 27.5 Å². The SMILES string of the molecule is O=C(/C=C/c1ccc(Cl)c(C(F)(F)F)c1)Nc1cccc(C(=O)N2CCOCC2)c1. The van der Waals surface area contributed by atoms with Crippen molar-refractivity contribution in [2.75, 3.05) is 31.6 Å². The minimum atomic E-state index is -4.59. The van der Waals surface area contributed by atoms with E-state index in [0.717, 1.165) is 18.2 Å². The summed E-state index contributed by atoms with van der Waals surface area (Å²) in [4.78, 5) is 26.4. The molecule has 0 spiro atoms. The van der Waals surface area contributed by atoms with Crippen LogP contribution in [0.5, 0.6) is 0 Å². The van der Waals surface area contributed by atoms with Gasteiger partial charge in [-0.05, 0) is 42.0 Å². The lowest BCUT2D eigenvalue weighted by atomic mass is 10.1. The van der Waals surface area contributed by atoms with Gasteiger partial charge in [-0.25, -0.2) is 0 Å². The van der Waals surface area contributed by atoms with Gasteiger partial charge in [-0.15, -0.1) is 0 Å². The highest BCUT2D eigenvalue weighted by atomic mass is 35.5. The molecule has 3 rings (SSSR count). The van der Waals surface area contributed by atoms with Crippen LogP contribution in [-0.2, 0) is 15.7 Å². The van der Waals surface area contributed by atoms with Crippen molar-refractivity contribution >= 4 is 35.2 Å². The van der Waals surface area contributed by atoms with Crippen LogP contribution >= 0.6 is 11.6 Å². The number of nitrogens with zero attached hydrogens (tertiary/aromatic N) is 1. The smallest absolute Gasteiger partial charge is 0.378 e. The summed E-state index contributed by atoms with van der Waals surface area (Å²) < 4.78 is 44.0. The number of alkyl halides is 3. The standard InChI is InChI=1S/C21H18ClF3N2O3/c22-18-6-4-14(12-17(18)21(23,24)25)5-7-19(28)26-16-3-1-2-15(13-16)20(29)27-8-10-30-11-9-27/h1-7,12-13H,8-11H2,(H,26,28)/b7-5+. The van der Waals surface area contributed by atoms with Crippen LogP contribution in [0.15, 0.2) is 48.5 Å². The number of rotatable bonds is 4. The molecule has 0 aliphatic carbocycles. The van der Waals surface area contributed by atoms with Crippen LogP contribution in [0.4, 0.5) is 18.9 Å². The number of ether oxygens (including phenoxy) is 1. The fraction of sp³-hybridized carbons (Fsp3) is 0.238. The van der Waals surface area contributed by atoms with Gasteiger partial charge in [-0.1, -0.05) is 23.7 Å². The number of amides is 2. The van der Waals surface area contributed by atoms with Crippen LogP contribution in [0.2, 0.25) is 5.02 Å². The molecule has 5 nitrogen and oxygen atoms in total. The molecular weight excluding hydrogens is 421 g/mol. The molecular formula is C21H18ClF3N2O3. The van der Waals surface area contributed by atoms with Crippen LogP contribution < -0.4 is 5.32 Å². The molecule has 2 aromatic rings. The number of carbonyl (C=O) groups excluding carboxylic acids is 2. The van der Waals surface area contributed by atoms with Crippen LogP contribution in [0.1, 0.15) is 21.5 Å². The van der Waals surface area contributed by atoms with E-state index in [4.69, 9.17) is 16.3 Å². The first-order valence-corrected chi connectivity index (χ1v) is 9.45. The van der Waals surface area contributed by atoms with E-state index in [1.165, 1.54) is 12.1 Å². The predicted octanol–water partition coefficient (Wildman–Crippen LogP) is 4.48. The summed E-state index contributed by atoms with van der Waals surface area (Å²) in [5.41, 5.74) is 0.0289. The number of hydrogen-bond donors (Lipinski definition) is 1. The molecule has 0 unspecified atom stereocenters. The van der Waals surface area contributed by atoms with E-state index in [1.54, 1.807) is 29.2 Å². The van der Waals surface area contributed by atoms with Crippen LogP contribution in [0.3, 0.4) is 0 Å². The predicted molar refractivity (Wildman–Crippen MR) is 107 cm³/mol. The fourth-order valence-corrected chi connectivity index (χ4v) is 3.12. The molecule has 1 aliphatic heterocycles. The molecule has 0 radical (unpaired) electrons. The Labute approximate surface area is 176 Å². The fourth-order valence-electron chi connectivity index (χ4n) is 2.90. The molecule has 1 saturated heterocycles. The van der Waals surface area contributed by atoms with Gasteiger partial charge in [0.15, 0.2) is 0 Å². The summed E-state index contributed by atoms with van der Waals surface area (Å²) in [5.74, 6) is -0.708. The van der Waals surface area contributed by atoms with E-state index in [0.29, 0.717) is 37.6 Å². The molecule has 1 fully saturated rings. The third kappa shape index (κ3) is 5.61. The third-order valence-corrected chi connectivity index (χ3v) is 4.73. The molecule has 158 valence electrons. The molecule has 1 N–H and O–H groups in total. The largest absolute Gasteiger partial charge is 0.417 e. The van der Waals surface area contributed by atoms with E-state index >= 15 is 0 Å². The van der Waals surface area contributed by atoms with E-state index in [-0.39, 0.29) is 11.5 Å². The summed E-state index contributed by atoms with van der Waals surface area (Å²) in [6.07, 6.45) is -2.22. The van der Waals surface area contributed by atoms with Gasteiger partial charge in [0.25, 0.3) is 5.91 Å². The van der Waals surface area contributed by atoms with Crippen LogP contribution in [0.25, 0.3) is 6.08 Å². The number of nitrogens with one attached hydrogen (secondary N) is 1. The molecule has 1 heterocycles. The zero-order valence-corrected chi connectivity index (χ0v) is 16.5. The second kappa shape index (κ2) is 9.32. The maximum atomic E-state index is 12.9. The van der Waals surface area contributed by atoms with Gasteiger partial charge in [0.1, 0.15) is 0 Å². The van der Waals surface area contributed by atoms with Gasteiger partial charge >= 0.3 is 6.18 Å². The highest BCUT2D eigenvalue weighted by molar-refractivity contribution is 6.31. The van der Waals surface area contributed by atoms with Crippen LogP contribution in [-0.4, -0.2) is 43.0 Å². The van der Waals surface area contributed by atoms with Gasteiger partial charge in [-0.2, -0.15) is 13.2 Å². The summed E-state index contributed by atoms with van der Waals surface area (Å²) in [5, 5.41) is 2.19. The van der Waals surface area contributed by atoms with Crippen molar-refractivity contribution in [3.05, 3.63) is 70.3 Å². The van der Waals surface area contributed by atoms with Gasteiger partial charge in [0.2, 0.25) is 5.91 Å². The summed E-state index contributed by atoms with van der Waals surface area (Å²) >= 11 is 5.59. The van der Waals surface area contributed by atoms with Gasteiger partial charge in [-0.3, -0.25) is 9.59 Å². The highest BCUT2D eigenvalue weighted by Crippen LogP contribution is 2.35. The van der Waals surface area contributed by atoms with E-state index < -0.39 is 22.7 Å². The van der Waals surface area contributed by atoms with E-state index in [1.807, 2.05) is 0 Å². The number of morpholine rings is 1. The zero-order valence-electron chi connectivity index (χ0n) is 15.7. The highest BCUT2D eigenvalue weighted by Gasteiger charge is 2.33. The molecule has 1 aliphatic rings. The van der Waals surface area contributed by atoms with E-state index in [2.05, 4.69) is 5.32 Å². The first kappa shape index (κ1) is 21.9. The Balaban J connectivity index is 1.67. The first-order chi connectivity index (χ1) is 14.2. The lowest BCUT2D eigenvalue weighted by Crippen LogP contribution is -2.40. The Bertz CT molecular complexity index is 970. The Morgan fingerprint density at radius 2 is 1.83 bits per heavy atom. The normalized spacial score (nSPS) is 14.7. The lowest BCUT2D eigenvalue weighted by molar-refractivity contribution is -0.137. The molecule has 9 heteroatoms. The second-order valence-electron chi connectivity index (χ2n) is 6.55. The zero-order chi connectivity index (χ0) is 21.7. The third-order valence-electron chi connectivity index (χ3n) is 4.40. The summed E-state index contributed by atoms with van der Waals surface area (Å²) in [6, 6.07) is 9.83. The summed E-state index contributed by atoms with van der Waals surface area (Å²) in [6.45, 7) is 1.96. The topological polar surface area (TPSA) is 58.6 Å². The van der Waals surface area contributed by atoms with Crippen molar-refractivity contribution in [1.29, 1.82) is 0 Å². The molecule has 2 aromatic carbocycles. The van der Waals surface area contributed by atoms with Crippen molar-refractivity contribution in [3.8, 4) is 0 Å². The first-order valence-electron chi connectivity index (χ1n) is 9.07. The molecule has 2 amide bonds. The molecule has 0 atom stereocenters. The number of anilines is 1. The van der Waals surface area contributed by atoms with Crippen LogP contribution in [0, 0.1) is 0 Å². The minimum Gasteiger partial charge on any atom is -0.378 e. The number of benzene rings is 2. The number of halogens is 4. The van der Waals surface area contributed by atoms with Crippen molar-refractivity contribution in [3.63, 3.8) is 0 Å². The Kier molecular flexibility index (Phi) is 6.79. The lowest BCUT2D eigenvalue weighted by Gasteiger charge is -2.27. The number of hydrogen-bond acceptors (Lipinski definition) is 3. The maximum Gasteiger partial charge on any atom is 0.417 e. The monoisotopic (exact) mass is 438 g/mol. The number of carbonyl (C=O) groups is 2.